The van der Waals surface area contributed by atoms with E-state index in [0.717, 1.165) is 31.8 Å². The first-order chi connectivity index (χ1) is 9.72. The summed E-state index contributed by atoms with van der Waals surface area (Å²) < 4.78 is 12.7. The number of hydrogen-bond acceptors (Lipinski definition) is 5. The van der Waals surface area contributed by atoms with Crippen molar-refractivity contribution in [3.05, 3.63) is 11.9 Å². The summed E-state index contributed by atoms with van der Waals surface area (Å²) in [6.07, 6.45) is 4.24. The highest BCUT2D eigenvalue weighted by Crippen LogP contribution is 1.94. The van der Waals surface area contributed by atoms with Crippen LogP contribution in [0.5, 0.6) is 0 Å². The molecule has 0 unspecified atom stereocenters. The average Bonchev–Trinajstić information content (AvgIpc) is 2.87. The van der Waals surface area contributed by atoms with Crippen molar-refractivity contribution in [2.75, 3.05) is 26.4 Å². The van der Waals surface area contributed by atoms with Gasteiger partial charge in [0.1, 0.15) is 0 Å². The second-order valence-electron chi connectivity index (χ2n) is 5.09. The lowest BCUT2D eigenvalue weighted by Crippen LogP contribution is -2.21. The third-order valence-corrected chi connectivity index (χ3v) is 2.76. The van der Waals surface area contributed by atoms with E-state index >= 15 is 0 Å². The first-order valence-electron chi connectivity index (χ1n) is 7.50. The lowest BCUT2D eigenvalue weighted by Gasteiger charge is -2.05. The minimum atomic E-state index is 0.455. The molecule has 0 saturated heterocycles. The minimum absolute atomic E-state index is 0.455. The standard InChI is InChI=1S/C14H28N4O2/c1-4-5-7-19-9-10-20-8-6-18-12-14(16-17-18)11-15-13(2)3/h12-13,15H,4-11H2,1-3H3. The van der Waals surface area contributed by atoms with Crippen LogP contribution in [0.1, 0.15) is 39.3 Å². The van der Waals surface area contributed by atoms with Crippen LogP contribution in [0.2, 0.25) is 0 Å². The van der Waals surface area contributed by atoms with Crippen LogP contribution in [0, 0.1) is 0 Å². The summed E-state index contributed by atoms with van der Waals surface area (Å²) in [5, 5.41) is 11.5. The van der Waals surface area contributed by atoms with E-state index in [1.807, 2.05) is 10.9 Å². The van der Waals surface area contributed by atoms with Gasteiger partial charge >= 0.3 is 0 Å². The Morgan fingerprint density at radius 3 is 2.65 bits per heavy atom. The summed E-state index contributed by atoms with van der Waals surface area (Å²) in [5.74, 6) is 0. The van der Waals surface area contributed by atoms with E-state index < -0.39 is 0 Å². The Balaban J connectivity index is 2.01. The maximum Gasteiger partial charge on any atom is 0.0964 e. The molecule has 1 aromatic rings. The highest BCUT2D eigenvalue weighted by molar-refractivity contribution is 4.91. The minimum Gasteiger partial charge on any atom is -0.379 e. The number of aromatic nitrogens is 3. The van der Waals surface area contributed by atoms with E-state index in [2.05, 4.69) is 36.4 Å². The molecule has 0 saturated carbocycles. The smallest absolute Gasteiger partial charge is 0.0964 e. The zero-order valence-corrected chi connectivity index (χ0v) is 13.0. The predicted octanol–water partition coefficient (Wildman–Crippen LogP) is 1.61. The Morgan fingerprint density at radius 2 is 1.95 bits per heavy atom. The third kappa shape index (κ3) is 8.24. The first kappa shape index (κ1) is 17.1. The van der Waals surface area contributed by atoms with Gasteiger partial charge in [0.15, 0.2) is 0 Å². The molecule has 1 heterocycles. The number of nitrogens with one attached hydrogen (secondary N) is 1. The Kier molecular flexibility index (Phi) is 9.19. The molecule has 0 radical (unpaired) electrons. The molecule has 1 aromatic heterocycles. The van der Waals surface area contributed by atoms with Gasteiger partial charge in [-0.2, -0.15) is 0 Å². The van der Waals surface area contributed by atoms with Crippen molar-refractivity contribution >= 4 is 0 Å². The average molecular weight is 284 g/mol. The predicted molar refractivity (Wildman–Crippen MR) is 78.5 cm³/mol. The second kappa shape index (κ2) is 10.8. The van der Waals surface area contributed by atoms with Gasteiger partial charge < -0.3 is 14.8 Å². The highest BCUT2D eigenvalue weighted by Gasteiger charge is 2.01. The molecular weight excluding hydrogens is 256 g/mol. The largest absolute Gasteiger partial charge is 0.379 e. The van der Waals surface area contributed by atoms with Crippen LogP contribution in [-0.2, 0) is 22.6 Å². The summed E-state index contributed by atoms with van der Waals surface area (Å²) in [5.41, 5.74) is 0.960. The molecule has 1 N–H and O–H groups in total. The van der Waals surface area contributed by atoms with Crippen molar-refractivity contribution in [1.29, 1.82) is 0 Å². The molecule has 1 rings (SSSR count). The van der Waals surface area contributed by atoms with Crippen LogP contribution >= 0.6 is 0 Å². The Bertz CT molecular complexity index is 342. The SMILES string of the molecule is CCCCOCCOCCn1cc(CNC(C)C)nn1. The molecule has 0 amide bonds. The molecule has 0 aliphatic heterocycles. The monoisotopic (exact) mass is 284 g/mol. The summed E-state index contributed by atoms with van der Waals surface area (Å²) in [7, 11) is 0. The van der Waals surface area contributed by atoms with Crippen molar-refractivity contribution in [2.45, 2.75) is 52.7 Å². The number of unbranched alkanes of at least 4 members (excludes halogenated alkanes) is 1. The molecule has 0 atom stereocenters. The maximum atomic E-state index is 5.50. The molecule has 0 bridgehead atoms. The van der Waals surface area contributed by atoms with Crippen molar-refractivity contribution in [3.8, 4) is 0 Å². The molecule has 6 heteroatoms. The lowest BCUT2D eigenvalue weighted by molar-refractivity contribution is 0.0429. The van der Waals surface area contributed by atoms with Gasteiger partial charge in [-0.3, -0.25) is 0 Å². The van der Waals surface area contributed by atoms with Crippen LogP contribution in [-0.4, -0.2) is 47.5 Å². The highest BCUT2D eigenvalue weighted by atomic mass is 16.5. The molecular formula is C14H28N4O2. The zero-order valence-electron chi connectivity index (χ0n) is 13.0. The third-order valence-electron chi connectivity index (χ3n) is 2.76. The quantitative estimate of drug-likeness (QED) is 0.591. The van der Waals surface area contributed by atoms with Gasteiger partial charge in [0.05, 0.1) is 32.1 Å². The molecule has 0 aliphatic rings. The van der Waals surface area contributed by atoms with Crippen LogP contribution < -0.4 is 5.32 Å². The van der Waals surface area contributed by atoms with Crippen LogP contribution in [0.3, 0.4) is 0 Å². The number of nitrogens with zero attached hydrogens (tertiary/aromatic N) is 3. The molecule has 116 valence electrons. The van der Waals surface area contributed by atoms with Crippen molar-refractivity contribution < 1.29 is 9.47 Å². The number of hydrogen-bond donors (Lipinski definition) is 1. The number of ether oxygens (including phenoxy) is 2. The van der Waals surface area contributed by atoms with Gasteiger partial charge in [-0.15, -0.1) is 5.10 Å². The molecule has 0 aromatic carbocycles. The Labute approximate surface area is 121 Å². The summed E-state index contributed by atoms with van der Waals surface area (Å²) in [6, 6.07) is 0.455. The van der Waals surface area contributed by atoms with Gasteiger partial charge in [0.25, 0.3) is 0 Å². The van der Waals surface area contributed by atoms with Crippen molar-refractivity contribution in [1.82, 2.24) is 20.3 Å². The van der Waals surface area contributed by atoms with Gasteiger partial charge in [-0.1, -0.05) is 32.4 Å². The van der Waals surface area contributed by atoms with Gasteiger partial charge in [0, 0.05) is 25.4 Å². The van der Waals surface area contributed by atoms with Gasteiger partial charge in [-0.05, 0) is 6.42 Å². The normalized spacial score (nSPS) is 11.4. The van der Waals surface area contributed by atoms with E-state index in [9.17, 15) is 0 Å². The van der Waals surface area contributed by atoms with E-state index in [1.165, 1.54) is 6.42 Å². The van der Waals surface area contributed by atoms with Crippen molar-refractivity contribution in [2.24, 2.45) is 0 Å². The summed E-state index contributed by atoms with van der Waals surface area (Å²) in [6.45, 7) is 10.6. The van der Waals surface area contributed by atoms with Crippen molar-refractivity contribution in [3.63, 3.8) is 0 Å². The molecule has 0 aliphatic carbocycles. The molecule has 6 nitrogen and oxygen atoms in total. The second-order valence-corrected chi connectivity index (χ2v) is 5.09. The zero-order chi connectivity index (χ0) is 14.6. The number of rotatable bonds is 12. The molecule has 0 fully saturated rings. The Morgan fingerprint density at radius 1 is 1.20 bits per heavy atom. The van der Waals surface area contributed by atoms with Crippen LogP contribution in [0.25, 0.3) is 0 Å². The van der Waals surface area contributed by atoms with E-state index in [0.29, 0.717) is 25.9 Å². The molecule has 20 heavy (non-hydrogen) atoms. The topological polar surface area (TPSA) is 61.2 Å². The summed E-state index contributed by atoms with van der Waals surface area (Å²) >= 11 is 0. The van der Waals surface area contributed by atoms with E-state index in [4.69, 9.17) is 9.47 Å². The van der Waals surface area contributed by atoms with E-state index in [1.54, 1.807) is 0 Å². The fraction of sp³-hybridized carbons (Fsp3) is 0.857. The van der Waals surface area contributed by atoms with Gasteiger partial charge in [0.2, 0.25) is 0 Å². The van der Waals surface area contributed by atoms with Gasteiger partial charge in [-0.25, -0.2) is 4.68 Å². The lowest BCUT2D eigenvalue weighted by atomic mass is 10.3. The first-order valence-corrected chi connectivity index (χ1v) is 7.50. The fourth-order valence-corrected chi connectivity index (χ4v) is 1.56. The fourth-order valence-electron chi connectivity index (χ4n) is 1.56. The summed E-state index contributed by atoms with van der Waals surface area (Å²) in [4.78, 5) is 0. The van der Waals surface area contributed by atoms with Crippen LogP contribution in [0.4, 0.5) is 0 Å². The van der Waals surface area contributed by atoms with E-state index in [-0.39, 0.29) is 0 Å². The Hall–Kier alpha value is -0.980. The maximum absolute atomic E-state index is 5.50. The molecule has 0 spiro atoms. The van der Waals surface area contributed by atoms with Crippen LogP contribution in [0.15, 0.2) is 6.20 Å².